The van der Waals surface area contributed by atoms with E-state index in [1.807, 2.05) is 0 Å². The number of terminal acetylenes is 1. The van der Waals surface area contributed by atoms with E-state index in [4.69, 9.17) is 11.2 Å². The number of anilines is 1. The Bertz CT molecular complexity index is 901. The van der Waals surface area contributed by atoms with Gasteiger partial charge in [-0.15, -0.1) is 6.42 Å². The number of hydrogen-bond donors (Lipinski definition) is 2. The Kier molecular flexibility index (Phi) is 4.24. The number of halogens is 1. The molecule has 0 bridgehead atoms. The van der Waals surface area contributed by atoms with E-state index in [1.165, 1.54) is 17.2 Å². The van der Waals surface area contributed by atoms with Crippen molar-refractivity contribution in [2.45, 2.75) is 25.7 Å². The van der Waals surface area contributed by atoms with Crippen molar-refractivity contribution in [3.05, 3.63) is 24.6 Å². The molecule has 9 heteroatoms. The zero-order chi connectivity index (χ0) is 18.2. The van der Waals surface area contributed by atoms with Gasteiger partial charge in [0, 0.05) is 12.0 Å². The minimum Gasteiger partial charge on any atom is -0.392 e. The van der Waals surface area contributed by atoms with Gasteiger partial charge in [0.05, 0.1) is 12.9 Å². The number of carbonyl (C=O) groups is 1. The van der Waals surface area contributed by atoms with Crippen molar-refractivity contribution in [3.63, 3.8) is 0 Å². The van der Waals surface area contributed by atoms with E-state index < -0.39 is 24.3 Å². The van der Waals surface area contributed by atoms with Crippen LogP contribution >= 0.6 is 0 Å². The monoisotopic (exact) mass is 345 g/mol. The number of aromatic nitrogens is 4. The maximum absolute atomic E-state index is 14.1. The maximum Gasteiger partial charge on any atom is 0.228 e. The number of fused-ring (bicyclic) bond motifs is 1. The van der Waals surface area contributed by atoms with Gasteiger partial charge < -0.3 is 15.2 Å². The number of carbonyl (C=O) groups excluding carboxylic acids is 1. The number of aliphatic hydroxyl groups excluding tert-OH is 1. The minimum atomic E-state index is -1.82. The summed E-state index contributed by atoms with van der Waals surface area (Å²) in [7, 11) is 0. The molecule has 2 atom stereocenters. The van der Waals surface area contributed by atoms with Crippen LogP contribution in [0.2, 0.25) is 0 Å². The number of imidazole rings is 1. The predicted octanol–water partition coefficient (Wildman–Crippen LogP) is 1.17. The molecule has 0 saturated heterocycles. The van der Waals surface area contributed by atoms with Crippen molar-refractivity contribution >= 4 is 22.9 Å². The lowest BCUT2D eigenvalue weighted by Gasteiger charge is -2.22. The summed E-state index contributed by atoms with van der Waals surface area (Å²) in [4.78, 5) is 24.2. The molecule has 0 aliphatic carbocycles. The second kappa shape index (κ2) is 6.23. The molecule has 8 nitrogen and oxygen atoms in total. The number of rotatable bonds is 4. The summed E-state index contributed by atoms with van der Waals surface area (Å²) in [6, 6.07) is 0. The Morgan fingerprint density at radius 3 is 2.92 bits per heavy atom. The van der Waals surface area contributed by atoms with Gasteiger partial charge in [0.15, 0.2) is 23.2 Å². The molecule has 3 rings (SSSR count). The highest BCUT2D eigenvalue weighted by Crippen LogP contribution is 2.37. The first-order valence-electron chi connectivity index (χ1n) is 7.54. The van der Waals surface area contributed by atoms with Gasteiger partial charge in [0.2, 0.25) is 11.5 Å². The van der Waals surface area contributed by atoms with Gasteiger partial charge in [0.25, 0.3) is 0 Å². The summed E-state index contributed by atoms with van der Waals surface area (Å²) >= 11 is 0. The number of amides is 1. The molecule has 0 radical (unpaired) electrons. The largest absolute Gasteiger partial charge is 0.392 e. The normalized spacial score (nSPS) is 22.9. The fourth-order valence-electron chi connectivity index (χ4n) is 2.35. The second-order valence-electron chi connectivity index (χ2n) is 5.84. The van der Waals surface area contributed by atoms with Crippen LogP contribution in [0.5, 0.6) is 0 Å². The molecule has 25 heavy (non-hydrogen) atoms. The Morgan fingerprint density at radius 1 is 1.56 bits per heavy atom. The second-order valence-corrected chi connectivity index (χ2v) is 5.84. The highest BCUT2D eigenvalue weighted by molar-refractivity contribution is 5.97. The molecule has 2 aromatic heterocycles. The number of ether oxygens (including phenoxy) is 1. The molecule has 1 amide bonds. The molecule has 2 N–H and O–H groups in total. The van der Waals surface area contributed by atoms with Gasteiger partial charge in [-0.05, 0) is 0 Å². The first-order chi connectivity index (χ1) is 11.9. The van der Waals surface area contributed by atoms with Gasteiger partial charge in [-0.3, -0.25) is 9.36 Å². The van der Waals surface area contributed by atoms with Crippen LogP contribution in [0.4, 0.5) is 10.2 Å². The fourth-order valence-corrected chi connectivity index (χ4v) is 2.35. The summed E-state index contributed by atoms with van der Waals surface area (Å²) < 4.78 is 21.1. The quantitative estimate of drug-likeness (QED) is 0.807. The van der Waals surface area contributed by atoms with E-state index >= 15 is 0 Å². The molecule has 0 saturated carbocycles. The highest BCUT2D eigenvalue weighted by Gasteiger charge is 2.43. The van der Waals surface area contributed by atoms with E-state index in [9.17, 15) is 14.3 Å². The molecule has 130 valence electrons. The Morgan fingerprint density at radius 2 is 2.32 bits per heavy atom. The van der Waals surface area contributed by atoms with Gasteiger partial charge in [-0.2, -0.15) is 0 Å². The lowest BCUT2D eigenvalue weighted by Crippen LogP contribution is -2.33. The molecular weight excluding hydrogens is 329 g/mol. The van der Waals surface area contributed by atoms with Gasteiger partial charge >= 0.3 is 0 Å². The zero-order valence-electron chi connectivity index (χ0n) is 13.6. The van der Waals surface area contributed by atoms with Crippen LogP contribution in [0, 0.1) is 18.3 Å². The minimum absolute atomic E-state index is 0.218. The molecule has 1 aliphatic rings. The van der Waals surface area contributed by atoms with Gasteiger partial charge in [0.1, 0.15) is 12.2 Å². The highest BCUT2D eigenvalue weighted by atomic mass is 19.1. The first-order valence-corrected chi connectivity index (χ1v) is 7.54. The third kappa shape index (κ3) is 2.75. The maximum atomic E-state index is 14.1. The van der Waals surface area contributed by atoms with Gasteiger partial charge in [-0.1, -0.05) is 19.8 Å². The molecule has 0 aromatic carbocycles. The third-order valence-corrected chi connectivity index (χ3v) is 3.85. The van der Waals surface area contributed by atoms with Crippen molar-refractivity contribution < 1.29 is 19.0 Å². The van der Waals surface area contributed by atoms with E-state index in [-0.39, 0.29) is 17.6 Å². The fraction of sp³-hybridized carbons (Fsp3) is 0.375. The smallest absolute Gasteiger partial charge is 0.228 e. The van der Waals surface area contributed by atoms with Crippen LogP contribution in [0.25, 0.3) is 11.2 Å². The Labute approximate surface area is 142 Å². The van der Waals surface area contributed by atoms with Crippen molar-refractivity contribution in [1.29, 1.82) is 0 Å². The number of hydrogen-bond acceptors (Lipinski definition) is 6. The zero-order valence-corrected chi connectivity index (χ0v) is 13.6. The molecule has 2 aromatic rings. The van der Waals surface area contributed by atoms with Crippen LogP contribution in [-0.2, 0) is 9.53 Å². The van der Waals surface area contributed by atoms with Crippen molar-refractivity contribution in [2.75, 3.05) is 11.9 Å². The lowest BCUT2D eigenvalue weighted by atomic mass is 10.1. The van der Waals surface area contributed by atoms with Gasteiger partial charge in [-0.25, -0.2) is 19.3 Å². The lowest BCUT2D eigenvalue weighted by molar-refractivity contribution is -0.118. The summed E-state index contributed by atoms with van der Waals surface area (Å²) in [5, 5.41) is 12.0. The summed E-state index contributed by atoms with van der Waals surface area (Å²) in [6.07, 6.45) is 8.14. The molecule has 1 aliphatic heterocycles. The van der Waals surface area contributed by atoms with Crippen LogP contribution in [0.3, 0.4) is 0 Å². The van der Waals surface area contributed by atoms with Crippen molar-refractivity contribution in [2.24, 2.45) is 5.92 Å². The summed E-state index contributed by atoms with van der Waals surface area (Å²) in [5.74, 6) is 1.16. The predicted molar refractivity (Wildman–Crippen MR) is 86.8 cm³/mol. The van der Waals surface area contributed by atoms with Crippen molar-refractivity contribution in [1.82, 2.24) is 19.5 Å². The van der Waals surface area contributed by atoms with E-state index in [0.29, 0.717) is 11.2 Å². The van der Waals surface area contributed by atoms with Crippen molar-refractivity contribution in [3.8, 4) is 12.3 Å². The van der Waals surface area contributed by atoms with E-state index in [0.717, 1.165) is 6.08 Å². The molecule has 0 fully saturated rings. The number of aliphatic hydroxyl groups is 1. The SMILES string of the molecule is C#C[C@@]1(CO)O[C@H](n2cnc3c(NC(=O)C(C)C)ncnc32)C=C1F. The third-order valence-electron chi connectivity index (χ3n) is 3.85. The average Bonchev–Trinajstić information content (AvgIpc) is 3.16. The molecule has 3 heterocycles. The average molecular weight is 345 g/mol. The standard InChI is InChI=1S/C16H16FN5O3/c1-4-16(6-23)10(17)5-11(25-16)22-8-20-12-13(18-7-19-14(12)22)21-15(24)9(2)3/h1,5,7-9,11,23H,6H2,2-3H3,(H,18,19,21,24)/t11-,16-/m0/s1. The summed E-state index contributed by atoms with van der Waals surface area (Å²) in [6.45, 7) is 2.81. The van der Waals surface area contributed by atoms with Crippen LogP contribution in [0.15, 0.2) is 24.6 Å². The Hall–Kier alpha value is -2.83. The number of nitrogens with zero attached hydrogens (tertiary/aromatic N) is 4. The first kappa shape index (κ1) is 17.0. The number of nitrogens with one attached hydrogen (secondary N) is 1. The van der Waals surface area contributed by atoms with Crippen LogP contribution in [0.1, 0.15) is 20.1 Å². The van der Waals surface area contributed by atoms with E-state index in [1.54, 1.807) is 13.8 Å². The van der Waals surface area contributed by atoms with Crippen LogP contribution in [-0.4, -0.2) is 42.7 Å². The molecular formula is C16H16FN5O3. The van der Waals surface area contributed by atoms with E-state index in [2.05, 4.69) is 26.2 Å². The molecule has 0 spiro atoms. The molecule has 0 unspecified atom stereocenters. The summed E-state index contributed by atoms with van der Waals surface area (Å²) in [5.41, 5.74) is -1.16. The van der Waals surface area contributed by atoms with Crippen LogP contribution < -0.4 is 5.32 Å². The Balaban J connectivity index is 1.98. The topological polar surface area (TPSA) is 102 Å².